The summed E-state index contributed by atoms with van der Waals surface area (Å²) >= 11 is 1.46. The fourth-order valence-corrected chi connectivity index (χ4v) is 2.04. The normalized spacial score (nSPS) is 10.1. The molecule has 0 unspecified atom stereocenters. The van der Waals surface area contributed by atoms with E-state index in [1.165, 1.54) is 11.3 Å². The van der Waals surface area contributed by atoms with E-state index >= 15 is 0 Å². The highest BCUT2D eigenvalue weighted by molar-refractivity contribution is 7.08. The van der Waals surface area contributed by atoms with Gasteiger partial charge in [0, 0.05) is 44.1 Å². The van der Waals surface area contributed by atoms with Crippen LogP contribution in [0, 0.1) is 0 Å². The Morgan fingerprint density at radius 3 is 2.89 bits per heavy atom. The van der Waals surface area contributed by atoms with Crippen molar-refractivity contribution in [3.05, 3.63) is 22.4 Å². The molecule has 18 heavy (non-hydrogen) atoms. The van der Waals surface area contributed by atoms with Crippen LogP contribution >= 0.6 is 11.3 Å². The van der Waals surface area contributed by atoms with Gasteiger partial charge in [-0.3, -0.25) is 9.59 Å². The summed E-state index contributed by atoms with van der Waals surface area (Å²) in [5.74, 6) is -0.184. The van der Waals surface area contributed by atoms with Crippen molar-refractivity contribution in [2.75, 3.05) is 26.7 Å². The maximum atomic E-state index is 11.6. The Morgan fingerprint density at radius 1 is 1.50 bits per heavy atom. The number of carbonyl (C=O) groups is 2. The van der Waals surface area contributed by atoms with Gasteiger partial charge in [-0.2, -0.15) is 11.3 Å². The molecule has 5 nitrogen and oxygen atoms in total. The molecule has 0 saturated heterocycles. The van der Waals surface area contributed by atoms with E-state index in [9.17, 15) is 9.59 Å². The fraction of sp³-hybridized carbons (Fsp3) is 0.500. The van der Waals surface area contributed by atoms with Gasteiger partial charge in [-0.25, -0.2) is 0 Å². The second kappa shape index (κ2) is 7.84. The van der Waals surface area contributed by atoms with Gasteiger partial charge in [-0.1, -0.05) is 0 Å². The SMILES string of the molecule is CN(CCCO)C(=O)CCNC(=O)c1ccsc1. The molecule has 0 aliphatic heterocycles. The van der Waals surface area contributed by atoms with E-state index in [0.717, 1.165) is 0 Å². The van der Waals surface area contributed by atoms with Gasteiger partial charge in [-0.15, -0.1) is 0 Å². The van der Waals surface area contributed by atoms with Gasteiger partial charge in [0.15, 0.2) is 0 Å². The van der Waals surface area contributed by atoms with Crippen molar-refractivity contribution in [3.8, 4) is 0 Å². The minimum Gasteiger partial charge on any atom is -0.396 e. The standard InChI is InChI=1S/C12H18N2O3S/c1-14(6-2-7-15)11(16)3-5-13-12(17)10-4-8-18-9-10/h4,8-9,15H,2-3,5-7H2,1H3,(H,13,17). The monoisotopic (exact) mass is 270 g/mol. The van der Waals surface area contributed by atoms with Crippen LogP contribution < -0.4 is 5.32 Å². The average molecular weight is 270 g/mol. The molecule has 2 amide bonds. The Bertz CT molecular complexity index is 379. The van der Waals surface area contributed by atoms with E-state index in [4.69, 9.17) is 5.11 Å². The van der Waals surface area contributed by atoms with Gasteiger partial charge in [-0.05, 0) is 17.9 Å². The van der Waals surface area contributed by atoms with E-state index in [2.05, 4.69) is 5.32 Å². The molecule has 0 saturated carbocycles. The molecule has 2 N–H and O–H groups in total. The first-order valence-electron chi connectivity index (χ1n) is 5.80. The lowest BCUT2D eigenvalue weighted by Gasteiger charge is -2.16. The second-order valence-corrected chi connectivity index (χ2v) is 4.69. The Hall–Kier alpha value is -1.40. The van der Waals surface area contributed by atoms with Crippen molar-refractivity contribution in [3.63, 3.8) is 0 Å². The number of thiophene rings is 1. The lowest BCUT2D eigenvalue weighted by Crippen LogP contribution is -2.32. The molecule has 6 heteroatoms. The van der Waals surface area contributed by atoms with E-state index in [1.807, 2.05) is 5.38 Å². The molecule has 1 rings (SSSR count). The van der Waals surface area contributed by atoms with Crippen molar-refractivity contribution in [2.45, 2.75) is 12.8 Å². The Kier molecular flexibility index (Phi) is 6.38. The minimum atomic E-state index is -0.151. The third kappa shape index (κ3) is 4.85. The van der Waals surface area contributed by atoms with Crippen molar-refractivity contribution >= 4 is 23.2 Å². The van der Waals surface area contributed by atoms with E-state index < -0.39 is 0 Å². The zero-order valence-corrected chi connectivity index (χ0v) is 11.2. The summed E-state index contributed by atoms with van der Waals surface area (Å²) in [5.41, 5.74) is 0.626. The maximum Gasteiger partial charge on any atom is 0.252 e. The molecule has 0 spiro atoms. The fourth-order valence-electron chi connectivity index (χ4n) is 1.40. The summed E-state index contributed by atoms with van der Waals surface area (Å²) in [6.45, 7) is 0.942. The lowest BCUT2D eigenvalue weighted by molar-refractivity contribution is -0.129. The maximum absolute atomic E-state index is 11.6. The van der Waals surface area contributed by atoms with Crippen molar-refractivity contribution < 1.29 is 14.7 Å². The molecule has 100 valence electrons. The van der Waals surface area contributed by atoms with Crippen LogP contribution in [0.3, 0.4) is 0 Å². The number of amides is 2. The molecular formula is C12H18N2O3S. The first-order valence-corrected chi connectivity index (χ1v) is 6.74. The first kappa shape index (κ1) is 14.7. The van der Waals surface area contributed by atoms with Gasteiger partial charge in [0.25, 0.3) is 5.91 Å². The highest BCUT2D eigenvalue weighted by atomic mass is 32.1. The second-order valence-electron chi connectivity index (χ2n) is 3.91. The Balaban J connectivity index is 2.21. The smallest absolute Gasteiger partial charge is 0.252 e. The zero-order chi connectivity index (χ0) is 13.4. The summed E-state index contributed by atoms with van der Waals surface area (Å²) in [6, 6.07) is 1.75. The molecule has 1 aromatic rings. The summed E-state index contributed by atoms with van der Waals surface area (Å²) in [5, 5.41) is 15.0. The molecule has 0 aliphatic rings. The average Bonchev–Trinajstić information content (AvgIpc) is 2.89. The third-order valence-electron chi connectivity index (χ3n) is 2.49. The summed E-state index contributed by atoms with van der Waals surface area (Å²) in [7, 11) is 1.69. The Labute approximate surface area is 110 Å². The van der Waals surface area contributed by atoms with E-state index in [0.29, 0.717) is 25.1 Å². The highest BCUT2D eigenvalue weighted by Crippen LogP contribution is 2.05. The van der Waals surface area contributed by atoms with Crippen molar-refractivity contribution in [1.82, 2.24) is 10.2 Å². The molecule has 0 aromatic carbocycles. The van der Waals surface area contributed by atoms with Crippen LogP contribution in [-0.2, 0) is 4.79 Å². The number of nitrogens with zero attached hydrogens (tertiary/aromatic N) is 1. The van der Waals surface area contributed by atoms with Crippen LogP contribution in [0.5, 0.6) is 0 Å². The molecule has 0 aliphatic carbocycles. The predicted octanol–water partition coefficient (Wildman–Crippen LogP) is 0.709. The zero-order valence-electron chi connectivity index (χ0n) is 10.4. The van der Waals surface area contributed by atoms with Crippen molar-refractivity contribution in [1.29, 1.82) is 0 Å². The molecular weight excluding hydrogens is 252 g/mol. The number of hydrogen-bond donors (Lipinski definition) is 2. The van der Waals surface area contributed by atoms with Gasteiger partial charge in [0.2, 0.25) is 5.91 Å². The lowest BCUT2D eigenvalue weighted by atomic mass is 10.3. The van der Waals surface area contributed by atoms with Crippen LogP contribution in [0.15, 0.2) is 16.8 Å². The number of hydrogen-bond acceptors (Lipinski definition) is 4. The van der Waals surface area contributed by atoms with Gasteiger partial charge < -0.3 is 15.3 Å². The molecule has 1 aromatic heterocycles. The number of carbonyl (C=O) groups excluding carboxylic acids is 2. The van der Waals surface area contributed by atoms with E-state index in [-0.39, 0.29) is 24.8 Å². The van der Waals surface area contributed by atoms with Gasteiger partial charge >= 0.3 is 0 Å². The molecule has 1 heterocycles. The van der Waals surface area contributed by atoms with Crippen LogP contribution in [0.25, 0.3) is 0 Å². The summed E-state index contributed by atoms with van der Waals surface area (Å²) in [4.78, 5) is 24.7. The number of nitrogens with one attached hydrogen (secondary N) is 1. The quantitative estimate of drug-likeness (QED) is 0.766. The van der Waals surface area contributed by atoms with Crippen molar-refractivity contribution in [2.24, 2.45) is 0 Å². The number of rotatable bonds is 7. The van der Waals surface area contributed by atoms with E-state index in [1.54, 1.807) is 23.4 Å². The molecule has 0 radical (unpaired) electrons. The highest BCUT2D eigenvalue weighted by Gasteiger charge is 2.09. The molecule has 0 bridgehead atoms. The topological polar surface area (TPSA) is 69.6 Å². The van der Waals surface area contributed by atoms with Gasteiger partial charge in [0.1, 0.15) is 0 Å². The molecule has 0 atom stereocenters. The third-order valence-corrected chi connectivity index (χ3v) is 3.17. The minimum absolute atomic E-state index is 0.0333. The van der Waals surface area contributed by atoms with Crippen LogP contribution in [0.2, 0.25) is 0 Å². The van der Waals surface area contributed by atoms with Gasteiger partial charge in [0.05, 0.1) is 0 Å². The van der Waals surface area contributed by atoms with Crippen LogP contribution in [0.1, 0.15) is 23.2 Å². The number of aliphatic hydroxyl groups is 1. The van der Waals surface area contributed by atoms with Crippen LogP contribution in [0.4, 0.5) is 0 Å². The largest absolute Gasteiger partial charge is 0.396 e. The van der Waals surface area contributed by atoms with Crippen LogP contribution in [-0.4, -0.2) is 48.6 Å². The molecule has 0 fully saturated rings. The number of aliphatic hydroxyl groups excluding tert-OH is 1. The predicted molar refractivity (Wildman–Crippen MR) is 70.6 cm³/mol. The summed E-state index contributed by atoms with van der Waals surface area (Å²) < 4.78 is 0. The summed E-state index contributed by atoms with van der Waals surface area (Å²) in [6.07, 6.45) is 0.849. The Morgan fingerprint density at radius 2 is 2.28 bits per heavy atom. The first-order chi connectivity index (χ1) is 8.65.